The van der Waals surface area contributed by atoms with Crippen molar-refractivity contribution in [1.29, 1.82) is 0 Å². The van der Waals surface area contributed by atoms with Crippen LogP contribution in [0.3, 0.4) is 0 Å². The van der Waals surface area contributed by atoms with E-state index in [-0.39, 0.29) is 25.4 Å². The molecule has 19 nitrogen and oxygen atoms in total. The first kappa shape index (κ1) is 47.4. The molecule has 2 fully saturated rings. The lowest BCUT2D eigenvalue weighted by Crippen LogP contribution is -2.67. The van der Waals surface area contributed by atoms with Gasteiger partial charge in [0.1, 0.15) is 42.3 Å². The van der Waals surface area contributed by atoms with Crippen LogP contribution in [0.5, 0.6) is 0 Å². The number of ether oxygens (including phenoxy) is 4. The summed E-state index contributed by atoms with van der Waals surface area (Å²) in [4.78, 5) is 37.4. The van der Waals surface area contributed by atoms with Gasteiger partial charge in [-0.15, -0.1) is 0 Å². The Kier molecular flexibility index (Phi) is 15.5. The number of rotatable bonds is 21. The second-order valence-corrected chi connectivity index (χ2v) is 15.8. The number of hydrogen-bond donors (Lipinski definition) is 10. The number of carbonyl (C=O) groups excluding carboxylic acids is 1. The second-order valence-electron chi connectivity index (χ2n) is 15.8. The number of fused-ring (bicyclic) bond motifs is 2. The van der Waals surface area contributed by atoms with Crippen LogP contribution in [0, 0.1) is 13.8 Å². The number of carboxylic acid groups (broad SMARTS) is 2. The Morgan fingerprint density at radius 3 is 2.15 bits per heavy atom. The maximum Gasteiger partial charge on any atom is 0.737 e. The highest BCUT2D eigenvalue weighted by Gasteiger charge is 2.59. The standard InChI is InChI=1S/C38H56BF2N3O16/c1-21-15-22(2)43-25(21)16-24-10-9-23(44(24)39(43,40)41)11-12-30(50)42-13-7-5-3-4-6-8-14-57-37(35(53)54)17-26(47)32(52)34(60-37)29(20-46)58-38(36(55)56)18-27(48)31(51)33(59-38)28(49)19-45/h9-10,15-16,26-29,31-34,45-49,51-52H,3-8,11-14,17-20H2,1-2H3,(H,42,50)(H,53,54)(H,55,56)/t26-,27-,28-,29-,31-,32-,33-,34-,37+,38+/m1/s1. The molecule has 336 valence electrons. The summed E-state index contributed by atoms with van der Waals surface area (Å²) in [6, 6.07) is 1.73. The smallest absolute Gasteiger partial charge is 0.477 e. The lowest BCUT2D eigenvalue weighted by Gasteiger charge is -2.48. The number of aromatic nitrogens is 1. The molecule has 2 saturated heterocycles. The third kappa shape index (κ3) is 9.84. The number of aliphatic hydroxyl groups excluding tert-OH is 7. The van der Waals surface area contributed by atoms with E-state index in [0.717, 1.165) is 27.4 Å². The number of amides is 1. The van der Waals surface area contributed by atoms with Gasteiger partial charge in [-0.1, -0.05) is 25.7 Å². The summed E-state index contributed by atoms with van der Waals surface area (Å²) in [7, 11) is 0. The molecule has 0 saturated carbocycles. The molecule has 4 aliphatic rings. The van der Waals surface area contributed by atoms with E-state index in [0.29, 0.717) is 55.0 Å². The van der Waals surface area contributed by atoms with Gasteiger partial charge < -0.3 is 87.8 Å². The summed E-state index contributed by atoms with van der Waals surface area (Å²) in [6.07, 6.45) is -7.86. The summed E-state index contributed by atoms with van der Waals surface area (Å²) in [5, 5.41) is 94.7. The number of nitrogens with zero attached hydrogens (tertiary/aromatic N) is 2. The molecule has 0 bridgehead atoms. The van der Waals surface area contributed by atoms with Crippen LogP contribution in [-0.4, -0.2) is 172 Å². The fourth-order valence-corrected chi connectivity index (χ4v) is 8.25. The van der Waals surface area contributed by atoms with Gasteiger partial charge in [0.05, 0.1) is 32.0 Å². The summed E-state index contributed by atoms with van der Waals surface area (Å²) in [5.74, 6) is -9.34. The van der Waals surface area contributed by atoms with E-state index in [1.165, 1.54) is 0 Å². The molecule has 1 aromatic rings. The van der Waals surface area contributed by atoms with Crippen molar-refractivity contribution < 1.29 is 92.4 Å². The molecule has 0 spiro atoms. The number of halogens is 2. The zero-order valence-corrected chi connectivity index (χ0v) is 33.4. The number of unbranched alkanes of at least 4 members (excludes halogenated alkanes) is 5. The van der Waals surface area contributed by atoms with Crippen LogP contribution in [0.25, 0.3) is 6.08 Å². The van der Waals surface area contributed by atoms with Crippen LogP contribution in [-0.2, 0) is 33.3 Å². The van der Waals surface area contributed by atoms with E-state index < -0.39 is 105 Å². The van der Waals surface area contributed by atoms with Crippen molar-refractivity contribution in [3.05, 3.63) is 40.9 Å². The molecule has 0 radical (unpaired) electrons. The number of carboxylic acids is 2. The number of hydrogen-bond acceptors (Lipinski definition) is 14. The van der Waals surface area contributed by atoms with Crippen LogP contribution in [0.2, 0.25) is 0 Å². The van der Waals surface area contributed by atoms with Crippen molar-refractivity contribution in [2.45, 2.75) is 138 Å². The molecule has 22 heteroatoms. The highest BCUT2D eigenvalue weighted by molar-refractivity contribution is 6.58. The number of aliphatic hydroxyl groups is 7. The van der Waals surface area contributed by atoms with Crippen molar-refractivity contribution in [3.8, 4) is 0 Å². The molecule has 1 aromatic heterocycles. The molecule has 60 heavy (non-hydrogen) atoms. The Morgan fingerprint density at radius 2 is 1.52 bits per heavy atom. The van der Waals surface area contributed by atoms with Crippen molar-refractivity contribution in [1.82, 2.24) is 9.79 Å². The third-order valence-corrected chi connectivity index (χ3v) is 11.4. The van der Waals surface area contributed by atoms with Crippen LogP contribution in [0.4, 0.5) is 8.63 Å². The van der Waals surface area contributed by atoms with Crippen molar-refractivity contribution >= 4 is 36.6 Å². The SMILES string of the molecule is Cc1cc(C)n2c1C=C1C=CC(CCC(=O)NCCCCCCCCO[C@@]3(C(=O)O)C[C@@H](O)[C@@H](O)[C@@H]([C@@H](CO)O[C@@]4(C(=O)O)C[C@@H](O)[C@@H](O)[C@@H]([C@H](O)CO)O4)O3)=[N+]1[B-]2(F)F. The highest BCUT2D eigenvalue weighted by atomic mass is 19.2. The Balaban J connectivity index is 1.04. The monoisotopic (exact) mass is 859 g/mol. The summed E-state index contributed by atoms with van der Waals surface area (Å²) >= 11 is 0. The number of aliphatic carboxylic acids is 2. The second kappa shape index (κ2) is 19.6. The van der Waals surface area contributed by atoms with Gasteiger partial charge in [-0.05, 0) is 44.0 Å². The molecular weight excluding hydrogens is 803 g/mol. The molecule has 4 aliphatic heterocycles. The fourth-order valence-electron chi connectivity index (χ4n) is 8.25. The van der Waals surface area contributed by atoms with E-state index >= 15 is 8.63 Å². The lowest BCUT2D eigenvalue weighted by molar-refractivity contribution is -0.367. The number of allylic oxidation sites excluding steroid dienone is 2. The van der Waals surface area contributed by atoms with Gasteiger partial charge in [0, 0.05) is 56.2 Å². The first-order chi connectivity index (χ1) is 28.3. The normalized spacial score (nSPS) is 30.7. The van der Waals surface area contributed by atoms with Crippen LogP contribution >= 0.6 is 0 Å². The zero-order chi connectivity index (χ0) is 44.2. The zero-order valence-electron chi connectivity index (χ0n) is 33.4. The van der Waals surface area contributed by atoms with Crippen LogP contribution in [0.15, 0.2) is 23.9 Å². The maximum absolute atomic E-state index is 15.6. The van der Waals surface area contributed by atoms with E-state index in [2.05, 4.69) is 5.32 Å². The van der Waals surface area contributed by atoms with Crippen molar-refractivity contribution in [3.63, 3.8) is 0 Å². The Bertz CT molecular complexity index is 1830. The molecule has 0 aliphatic carbocycles. The molecular formula is C38H56BF2N3O16. The first-order valence-electron chi connectivity index (χ1n) is 20.1. The predicted molar refractivity (Wildman–Crippen MR) is 204 cm³/mol. The average molecular weight is 860 g/mol. The van der Waals surface area contributed by atoms with Crippen LogP contribution in [0.1, 0.15) is 81.2 Å². The van der Waals surface area contributed by atoms with Gasteiger partial charge in [-0.25, -0.2) is 9.59 Å². The Hall–Kier alpha value is -3.68. The predicted octanol–water partition coefficient (Wildman–Crippen LogP) is -0.727. The molecule has 10 atom stereocenters. The summed E-state index contributed by atoms with van der Waals surface area (Å²) in [5.41, 5.74) is 2.49. The van der Waals surface area contributed by atoms with Gasteiger partial charge in [-0.2, -0.15) is 0 Å². The van der Waals surface area contributed by atoms with Crippen molar-refractivity contribution in [2.75, 3.05) is 26.4 Å². The lowest BCUT2D eigenvalue weighted by atomic mass is 9.90. The average Bonchev–Trinajstić information content (AvgIpc) is 3.75. The van der Waals surface area contributed by atoms with E-state index in [1.54, 1.807) is 38.1 Å². The van der Waals surface area contributed by atoms with E-state index in [9.17, 15) is 60.3 Å². The summed E-state index contributed by atoms with van der Waals surface area (Å²) in [6.45, 7) is -2.59. The molecule has 0 aromatic carbocycles. The summed E-state index contributed by atoms with van der Waals surface area (Å²) < 4.78 is 55.4. The minimum Gasteiger partial charge on any atom is -0.477 e. The molecule has 5 rings (SSSR count). The van der Waals surface area contributed by atoms with E-state index in [4.69, 9.17) is 18.9 Å². The van der Waals surface area contributed by atoms with Crippen molar-refractivity contribution in [2.24, 2.45) is 0 Å². The van der Waals surface area contributed by atoms with Crippen LogP contribution < -0.4 is 5.32 Å². The molecule has 1 amide bonds. The number of aryl methyl sites for hydroxylation is 2. The molecule has 0 unspecified atom stereocenters. The maximum atomic E-state index is 15.6. The first-order valence-corrected chi connectivity index (χ1v) is 20.1. The van der Waals surface area contributed by atoms with Gasteiger partial charge >= 0.3 is 18.9 Å². The quantitative estimate of drug-likeness (QED) is 0.0539. The number of nitrogens with one attached hydrogen (secondary N) is 1. The minimum atomic E-state index is -4.10. The highest BCUT2D eigenvalue weighted by Crippen LogP contribution is 2.39. The Labute approximate surface area is 344 Å². The topological polar surface area (TPSA) is 290 Å². The molecule has 5 heterocycles. The minimum absolute atomic E-state index is 0.0433. The Morgan fingerprint density at radius 1 is 0.917 bits per heavy atom. The van der Waals surface area contributed by atoms with Gasteiger partial charge in [-0.3, -0.25) is 4.79 Å². The fraction of sp³-hybridized carbons (Fsp3) is 0.684. The third-order valence-electron chi connectivity index (χ3n) is 11.4. The number of carbonyl (C=O) groups is 3. The van der Waals surface area contributed by atoms with Gasteiger partial charge in [0.2, 0.25) is 5.91 Å². The largest absolute Gasteiger partial charge is 0.737 e. The van der Waals surface area contributed by atoms with Gasteiger partial charge in [0.15, 0.2) is 5.70 Å². The molecule has 10 N–H and O–H groups in total. The van der Waals surface area contributed by atoms with Gasteiger partial charge in [0.25, 0.3) is 11.6 Å². The van der Waals surface area contributed by atoms with E-state index in [1.807, 2.05) is 0 Å².